The Labute approximate surface area is 138 Å². The van der Waals surface area contributed by atoms with E-state index < -0.39 is 0 Å². The van der Waals surface area contributed by atoms with E-state index in [4.69, 9.17) is 0 Å². The first-order valence-electron chi connectivity index (χ1n) is 8.81. The van der Waals surface area contributed by atoms with Crippen molar-refractivity contribution in [2.75, 3.05) is 6.54 Å². The van der Waals surface area contributed by atoms with E-state index in [1.807, 2.05) is 13.8 Å². The maximum Gasteiger partial charge on any atom is 0.0208 e. The lowest BCUT2D eigenvalue weighted by Gasteiger charge is -2.10. The SMILES string of the molecule is C/C=C(\C=C(/C)CC)CCNCc1ccccc1CC.CC. The Kier molecular flexibility index (Phi) is 12.5. The van der Waals surface area contributed by atoms with Gasteiger partial charge in [0, 0.05) is 6.54 Å². The zero-order valence-electron chi connectivity index (χ0n) is 15.5. The molecule has 22 heavy (non-hydrogen) atoms. The van der Waals surface area contributed by atoms with Crippen LogP contribution in [0.3, 0.4) is 0 Å². The Morgan fingerprint density at radius 2 is 1.73 bits per heavy atom. The molecule has 0 atom stereocenters. The highest BCUT2D eigenvalue weighted by Crippen LogP contribution is 2.11. The van der Waals surface area contributed by atoms with Gasteiger partial charge in [0.15, 0.2) is 0 Å². The fourth-order valence-electron chi connectivity index (χ4n) is 2.25. The van der Waals surface area contributed by atoms with Gasteiger partial charge >= 0.3 is 0 Å². The summed E-state index contributed by atoms with van der Waals surface area (Å²) in [6.45, 7) is 14.8. The van der Waals surface area contributed by atoms with Gasteiger partial charge in [0.05, 0.1) is 0 Å². The topological polar surface area (TPSA) is 12.0 Å². The predicted octanol–water partition coefficient (Wildman–Crippen LogP) is 6.06. The normalized spacial score (nSPS) is 11.9. The van der Waals surface area contributed by atoms with Crippen molar-refractivity contribution in [2.45, 2.75) is 67.3 Å². The molecule has 1 aromatic rings. The van der Waals surface area contributed by atoms with Crippen LogP contribution < -0.4 is 5.32 Å². The lowest BCUT2D eigenvalue weighted by molar-refractivity contribution is 0.683. The second-order valence-corrected chi connectivity index (χ2v) is 5.26. The Hall–Kier alpha value is -1.34. The summed E-state index contributed by atoms with van der Waals surface area (Å²) in [6.07, 6.45) is 7.88. The highest BCUT2D eigenvalue weighted by atomic mass is 14.8. The molecule has 0 aliphatic carbocycles. The molecule has 1 heteroatoms. The zero-order valence-corrected chi connectivity index (χ0v) is 15.5. The van der Waals surface area contributed by atoms with Gasteiger partial charge in [-0.15, -0.1) is 0 Å². The summed E-state index contributed by atoms with van der Waals surface area (Å²) in [5.41, 5.74) is 5.76. The van der Waals surface area contributed by atoms with Gasteiger partial charge in [-0.25, -0.2) is 0 Å². The summed E-state index contributed by atoms with van der Waals surface area (Å²) >= 11 is 0. The first kappa shape index (κ1) is 20.7. The molecule has 0 radical (unpaired) electrons. The largest absolute Gasteiger partial charge is 0.312 e. The van der Waals surface area contributed by atoms with E-state index in [0.717, 1.165) is 32.4 Å². The number of aryl methyl sites for hydroxylation is 1. The summed E-state index contributed by atoms with van der Waals surface area (Å²) < 4.78 is 0. The van der Waals surface area contributed by atoms with Gasteiger partial charge in [-0.3, -0.25) is 0 Å². The predicted molar refractivity (Wildman–Crippen MR) is 101 cm³/mol. The number of allylic oxidation sites excluding steroid dienone is 3. The molecule has 0 bridgehead atoms. The van der Waals surface area contributed by atoms with E-state index >= 15 is 0 Å². The van der Waals surface area contributed by atoms with Crippen LogP contribution in [0.5, 0.6) is 0 Å². The highest BCUT2D eigenvalue weighted by molar-refractivity contribution is 5.27. The summed E-state index contributed by atoms with van der Waals surface area (Å²) in [5.74, 6) is 0. The molecule has 0 saturated carbocycles. The second kappa shape index (κ2) is 13.3. The van der Waals surface area contributed by atoms with Crippen LogP contribution in [-0.4, -0.2) is 6.54 Å². The van der Waals surface area contributed by atoms with Crippen LogP contribution in [0.2, 0.25) is 0 Å². The summed E-state index contributed by atoms with van der Waals surface area (Å²) in [7, 11) is 0. The molecule has 124 valence electrons. The van der Waals surface area contributed by atoms with Gasteiger partial charge in [0.25, 0.3) is 0 Å². The lowest BCUT2D eigenvalue weighted by atomic mass is 10.0. The molecule has 0 aliphatic heterocycles. The molecule has 0 unspecified atom stereocenters. The molecule has 1 rings (SSSR count). The van der Waals surface area contributed by atoms with Gasteiger partial charge in [-0.1, -0.05) is 75.3 Å². The summed E-state index contributed by atoms with van der Waals surface area (Å²) in [4.78, 5) is 0. The van der Waals surface area contributed by atoms with Crippen LogP contribution in [0.25, 0.3) is 0 Å². The molecule has 0 heterocycles. The van der Waals surface area contributed by atoms with Crippen molar-refractivity contribution in [3.8, 4) is 0 Å². The average Bonchev–Trinajstić information content (AvgIpc) is 2.59. The van der Waals surface area contributed by atoms with Crippen LogP contribution in [0.15, 0.2) is 47.6 Å². The third-order valence-corrected chi connectivity index (χ3v) is 3.77. The van der Waals surface area contributed by atoms with Gasteiger partial charge < -0.3 is 5.32 Å². The highest BCUT2D eigenvalue weighted by Gasteiger charge is 1.99. The monoisotopic (exact) mass is 301 g/mol. The Balaban J connectivity index is 0.00000211. The lowest BCUT2D eigenvalue weighted by Crippen LogP contribution is -2.16. The molecule has 0 saturated heterocycles. The minimum Gasteiger partial charge on any atom is -0.312 e. The van der Waals surface area contributed by atoms with Crippen LogP contribution in [0, 0.1) is 0 Å². The Morgan fingerprint density at radius 3 is 2.27 bits per heavy atom. The molecule has 1 aromatic carbocycles. The van der Waals surface area contributed by atoms with Crippen molar-refractivity contribution in [2.24, 2.45) is 0 Å². The van der Waals surface area contributed by atoms with Crippen molar-refractivity contribution in [3.05, 3.63) is 58.7 Å². The van der Waals surface area contributed by atoms with Gasteiger partial charge in [0.2, 0.25) is 0 Å². The van der Waals surface area contributed by atoms with Crippen molar-refractivity contribution in [1.82, 2.24) is 5.32 Å². The number of hydrogen-bond donors (Lipinski definition) is 1. The molecular formula is C21H35N. The molecule has 1 nitrogen and oxygen atoms in total. The van der Waals surface area contributed by atoms with Crippen LogP contribution >= 0.6 is 0 Å². The third-order valence-electron chi connectivity index (χ3n) is 3.77. The number of benzene rings is 1. The van der Waals surface area contributed by atoms with Gasteiger partial charge in [-0.2, -0.15) is 0 Å². The van der Waals surface area contributed by atoms with E-state index in [2.05, 4.69) is 69.4 Å². The first-order valence-corrected chi connectivity index (χ1v) is 8.81. The smallest absolute Gasteiger partial charge is 0.0208 e. The summed E-state index contributed by atoms with van der Waals surface area (Å²) in [5, 5.41) is 3.56. The minimum atomic E-state index is 0.970. The first-order chi connectivity index (χ1) is 10.7. The molecule has 0 aromatic heterocycles. The average molecular weight is 302 g/mol. The van der Waals surface area contributed by atoms with E-state index in [0.29, 0.717) is 0 Å². The van der Waals surface area contributed by atoms with Crippen molar-refractivity contribution < 1.29 is 0 Å². The fourth-order valence-corrected chi connectivity index (χ4v) is 2.25. The van der Waals surface area contributed by atoms with Crippen LogP contribution in [-0.2, 0) is 13.0 Å². The molecular weight excluding hydrogens is 266 g/mol. The van der Waals surface area contributed by atoms with Crippen molar-refractivity contribution >= 4 is 0 Å². The maximum atomic E-state index is 3.56. The fraction of sp³-hybridized carbons (Fsp3) is 0.524. The van der Waals surface area contributed by atoms with Crippen LogP contribution in [0.1, 0.15) is 65.5 Å². The minimum absolute atomic E-state index is 0.970. The van der Waals surface area contributed by atoms with Crippen molar-refractivity contribution in [1.29, 1.82) is 0 Å². The molecule has 0 amide bonds. The van der Waals surface area contributed by atoms with E-state index in [1.165, 1.54) is 22.3 Å². The number of hydrogen-bond acceptors (Lipinski definition) is 1. The van der Waals surface area contributed by atoms with Gasteiger partial charge in [0.1, 0.15) is 0 Å². The third kappa shape index (κ3) is 8.19. The number of rotatable bonds is 8. The van der Waals surface area contributed by atoms with Crippen molar-refractivity contribution in [3.63, 3.8) is 0 Å². The standard InChI is InChI=1S/C19H29N.C2H6/c1-5-16(4)14-17(6-2)12-13-20-15-19-11-9-8-10-18(19)7-3;1-2/h6,8-11,14,20H,5,7,12-13,15H2,1-4H3;1-2H3/b16-14+,17-6-;. The van der Waals surface area contributed by atoms with E-state index in [-0.39, 0.29) is 0 Å². The maximum absolute atomic E-state index is 3.56. The molecule has 0 aliphatic rings. The summed E-state index contributed by atoms with van der Waals surface area (Å²) in [6, 6.07) is 8.70. The molecule has 0 fully saturated rings. The second-order valence-electron chi connectivity index (χ2n) is 5.26. The Bertz CT molecular complexity index is 455. The number of nitrogens with one attached hydrogen (secondary N) is 1. The van der Waals surface area contributed by atoms with E-state index in [9.17, 15) is 0 Å². The zero-order chi connectivity index (χ0) is 16.8. The molecule has 0 spiro atoms. The van der Waals surface area contributed by atoms with E-state index in [1.54, 1.807) is 0 Å². The molecule has 1 N–H and O–H groups in total. The van der Waals surface area contributed by atoms with Gasteiger partial charge in [-0.05, 0) is 50.8 Å². The quantitative estimate of drug-likeness (QED) is 0.455. The Morgan fingerprint density at radius 1 is 1.09 bits per heavy atom. The van der Waals surface area contributed by atoms with Crippen LogP contribution in [0.4, 0.5) is 0 Å².